The van der Waals surface area contributed by atoms with E-state index in [1.807, 2.05) is 17.5 Å². The third-order valence-corrected chi connectivity index (χ3v) is 5.34. The van der Waals surface area contributed by atoms with E-state index in [0.717, 1.165) is 24.1 Å². The topological polar surface area (TPSA) is 81.4 Å². The van der Waals surface area contributed by atoms with Crippen molar-refractivity contribution in [3.63, 3.8) is 0 Å². The minimum Gasteiger partial charge on any atom is -0.457 e. The first kappa shape index (κ1) is 17.7. The van der Waals surface area contributed by atoms with E-state index >= 15 is 0 Å². The number of hydrogen-bond acceptors (Lipinski definition) is 6. The van der Waals surface area contributed by atoms with Gasteiger partial charge in [0.2, 0.25) is 11.8 Å². The molecule has 1 N–H and O–H groups in total. The number of aromatic nitrogens is 1. The molecule has 3 rings (SSSR count). The van der Waals surface area contributed by atoms with Crippen LogP contribution in [0.1, 0.15) is 50.5 Å². The molecule has 0 bridgehead atoms. The molecular formula is C18H22N2O4S. The zero-order valence-electron chi connectivity index (χ0n) is 14.5. The maximum atomic E-state index is 12.7. The quantitative estimate of drug-likeness (QED) is 0.822. The number of amides is 1. The Hall–Kier alpha value is -2.15. The number of carbonyl (C=O) groups is 2. The fraction of sp³-hybridized carbons (Fsp3) is 0.500. The molecule has 1 aliphatic carbocycles. The standard InChI is InChI=1S/C18H22N2O4S/c1-12-14(19-16(24-12)15-7-6-10-25-15)11-23-17(22)18(20-13(2)21)8-4-3-5-9-18/h6-7,10H,3-5,8-9,11H2,1-2H3,(H,20,21). The van der Waals surface area contributed by atoms with E-state index in [-0.39, 0.29) is 18.5 Å². The second-order valence-corrected chi connectivity index (χ2v) is 7.35. The molecule has 2 aromatic rings. The van der Waals surface area contributed by atoms with Crippen LogP contribution in [-0.2, 0) is 20.9 Å². The van der Waals surface area contributed by atoms with Gasteiger partial charge in [0, 0.05) is 6.92 Å². The number of rotatable bonds is 5. The average molecular weight is 362 g/mol. The van der Waals surface area contributed by atoms with Crippen LogP contribution in [0.15, 0.2) is 21.9 Å². The number of carbonyl (C=O) groups excluding carboxylic acids is 2. The monoisotopic (exact) mass is 362 g/mol. The Morgan fingerprint density at radius 1 is 1.36 bits per heavy atom. The van der Waals surface area contributed by atoms with Crippen LogP contribution in [-0.4, -0.2) is 22.4 Å². The maximum Gasteiger partial charge on any atom is 0.332 e. The molecular weight excluding hydrogens is 340 g/mol. The van der Waals surface area contributed by atoms with Crippen LogP contribution in [0.25, 0.3) is 10.8 Å². The van der Waals surface area contributed by atoms with Crippen LogP contribution >= 0.6 is 11.3 Å². The van der Waals surface area contributed by atoms with Gasteiger partial charge in [-0.05, 0) is 31.2 Å². The summed E-state index contributed by atoms with van der Waals surface area (Å²) in [5, 5.41) is 4.77. The van der Waals surface area contributed by atoms with Crippen LogP contribution in [0.2, 0.25) is 0 Å². The molecule has 0 saturated heterocycles. The molecule has 1 aliphatic rings. The van der Waals surface area contributed by atoms with Crippen LogP contribution in [0.3, 0.4) is 0 Å². The number of oxazole rings is 1. The lowest BCUT2D eigenvalue weighted by atomic mass is 9.81. The van der Waals surface area contributed by atoms with Gasteiger partial charge >= 0.3 is 5.97 Å². The minimum atomic E-state index is -0.904. The third kappa shape index (κ3) is 3.92. The number of aryl methyl sites for hydroxylation is 1. The molecule has 0 aromatic carbocycles. The number of hydrogen-bond donors (Lipinski definition) is 1. The highest BCUT2D eigenvalue weighted by Gasteiger charge is 2.41. The number of esters is 1. The van der Waals surface area contributed by atoms with Gasteiger partial charge in [0.1, 0.15) is 23.6 Å². The van der Waals surface area contributed by atoms with Gasteiger partial charge in [0.25, 0.3) is 0 Å². The van der Waals surface area contributed by atoms with Crippen LogP contribution in [0.4, 0.5) is 0 Å². The van der Waals surface area contributed by atoms with Crippen LogP contribution < -0.4 is 5.32 Å². The van der Waals surface area contributed by atoms with Gasteiger partial charge in [0.05, 0.1) is 4.88 Å². The minimum absolute atomic E-state index is 0.0425. The average Bonchev–Trinajstić information content (AvgIpc) is 3.22. The molecule has 1 amide bonds. The maximum absolute atomic E-state index is 12.7. The summed E-state index contributed by atoms with van der Waals surface area (Å²) in [7, 11) is 0. The summed E-state index contributed by atoms with van der Waals surface area (Å²) >= 11 is 1.54. The normalized spacial score (nSPS) is 16.4. The van der Waals surface area contributed by atoms with Gasteiger partial charge < -0.3 is 14.5 Å². The van der Waals surface area contributed by atoms with Gasteiger partial charge in [-0.15, -0.1) is 11.3 Å². The molecule has 134 valence electrons. The zero-order chi connectivity index (χ0) is 17.9. The Bertz CT molecular complexity index is 745. The number of ether oxygens (including phenoxy) is 1. The van der Waals surface area contributed by atoms with E-state index in [2.05, 4.69) is 10.3 Å². The van der Waals surface area contributed by atoms with E-state index in [9.17, 15) is 9.59 Å². The molecule has 0 spiro atoms. The van der Waals surface area contributed by atoms with E-state index in [1.165, 1.54) is 18.3 Å². The summed E-state index contributed by atoms with van der Waals surface area (Å²) in [6, 6.07) is 3.86. The molecule has 0 aliphatic heterocycles. The van der Waals surface area contributed by atoms with Gasteiger partial charge in [-0.1, -0.05) is 25.3 Å². The molecule has 2 aromatic heterocycles. The second kappa shape index (κ2) is 7.39. The summed E-state index contributed by atoms with van der Waals surface area (Å²) in [5.74, 6) is 0.570. The smallest absolute Gasteiger partial charge is 0.332 e. The van der Waals surface area contributed by atoms with E-state index < -0.39 is 5.54 Å². The summed E-state index contributed by atoms with van der Waals surface area (Å²) in [6.07, 6.45) is 4.11. The summed E-state index contributed by atoms with van der Waals surface area (Å²) in [6.45, 7) is 3.27. The zero-order valence-corrected chi connectivity index (χ0v) is 15.3. The molecule has 7 heteroatoms. The largest absolute Gasteiger partial charge is 0.457 e. The molecule has 0 radical (unpaired) electrons. The lowest BCUT2D eigenvalue weighted by molar-refractivity contribution is -0.156. The van der Waals surface area contributed by atoms with E-state index in [0.29, 0.717) is 30.2 Å². The Kier molecular flexibility index (Phi) is 5.22. The lowest BCUT2D eigenvalue weighted by Gasteiger charge is -2.35. The number of nitrogens with one attached hydrogen (secondary N) is 1. The van der Waals surface area contributed by atoms with Crippen LogP contribution in [0, 0.1) is 6.92 Å². The number of thiophene rings is 1. The summed E-state index contributed by atoms with van der Waals surface area (Å²) < 4.78 is 11.2. The van der Waals surface area contributed by atoms with Crippen molar-refractivity contribution in [2.45, 2.75) is 58.1 Å². The highest BCUT2D eigenvalue weighted by Crippen LogP contribution is 2.30. The van der Waals surface area contributed by atoms with Gasteiger partial charge in [-0.25, -0.2) is 9.78 Å². The highest BCUT2D eigenvalue weighted by atomic mass is 32.1. The fourth-order valence-corrected chi connectivity index (χ4v) is 3.86. The van der Waals surface area contributed by atoms with Crippen molar-refractivity contribution in [3.05, 3.63) is 29.0 Å². The van der Waals surface area contributed by atoms with Crippen molar-refractivity contribution >= 4 is 23.2 Å². The molecule has 2 heterocycles. The second-order valence-electron chi connectivity index (χ2n) is 6.40. The first-order valence-corrected chi connectivity index (χ1v) is 9.34. The van der Waals surface area contributed by atoms with Crippen molar-refractivity contribution < 1.29 is 18.7 Å². The van der Waals surface area contributed by atoms with Crippen molar-refractivity contribution in [2.24, 2.45) is 0 Å². The Labute approximate surface area is 150 Å². The predicted molar refractivity (Wildman–Crippen MR) is 94.0 cm³/mol. The number of nitrogens with zero attached hydrogens (tertiary/aromatic N) is 1. The molecule has 1 fully saturated rings. The van der Waals surface area contributed by atoms with Crippen molar-refractivity contribution in [3.8, 4) is 10.8 Å². The van der Waals surface area contributed by atoms with E-state index in [1.54, 1.807) is 6.92 Å². The lowest BCUT2D eigenvalue weighted by Crippen LogP contribution is -2.55. The van der Waals surface area contributed by atoms with Crippen LogP contribution in [0.5, 0.6) is 0 Å². The van der Waals surface area contributed by atoms with Gasteiger partial charge in [-0.3, -0.25) is 4.79 Å². The summed E-state index contributed by atoms with van der Waals surface area (Å²) in [5.41, 5.74) is -0.302. The van der Waals surface area contributed by atoms with Crippen molar-refractivity contribution in [1.29, 1.82) is 0 Å². The predicted octanol–water partition coefficient (Wildman–Crippen LogP) is 3.59. The third-order valence-electron chi connectivity index (χ3n) is 4.48. The Balaban J connectivity index is 1.69. The molecule has 0 atom stereocenters. The molecule has 1 saturated carbocycles. The fourth-order valence-electron chi connectivity index (χ4n) is 3.21. The Morgan fingerprint density at radius 2 is 2.12 bits per heavy atom. The van der Waals surface area contributed by atoms with Gasteiger partial charge in [0.15, 0.2) is 0 Å². The molecule has 25 heavy (non-hydrogen) atoms. The molecule has 0 unspecified atom stereocenters. The van der Waals surface area contributed by atoms with Gasteiger partial charge in [-0.2, -0.15) is 0 Å². The SMILES string of the molecule is CC(=O)NC1(C(=O)OCc2nc(-c3cccs3)oc2C)CCCCC1. The Morgan fingerprint density at radius 3 is 2.76 bits per heavy atom. The highest BCUT2D eigenvalue weighted by molar-refractivity contribution is 7.13. The molecule has 6 nitrogen and oxygen atoms in total. The first-order chi connectivity index (χ1) is 12.0. The van der Waals surface area contributed by atoms with E-state index in [4.69, 9.17) is 9.15 Å². The summed E-state index contributed by atoms with van der Waals surface area (Å²) in [4.78, 5) is 29.6. The van der Waals surface area contributed by atoms with Crippen molar-refractivity contribution in [1.82, 2.24) is 10.3 Å². The van der Waals surface area contributed by atoms with Crippen molar-refractivity contribution in [2.75, 3.05) is 0 Å². The first-order valence-electron chi connectivity index (χ1n) is 8.46.